The molecule has 0 aromatic heterocycles. The van der Waals surface area contributed by atoms with Gasteiger partial charge in [0.15, 0.2) is 0 Å². The molecule has 0 amide bonds. The van der Waals surface area contributed by atoms with Crippen molar-refractivity contribution < 1.29 is 23.0 Å². The van der Waals surface area contributed by atoms with E-state index in [4.69, 9.17) is 4.74 Å². The highest BCUT2D eigenvalue weighted by Gasteiger charge is 2.30. The van der Waals surface area contributed by atoms with Gasteiger partial charge in [0.25, 0.3) is 0 Å². The van der Waals surface area contributed by atoms with E-state index in [9.17, 15) is 18.3 Å². The molecule has 0 aliphatic carbocycles. The molecular weight excluding hydrogens is 403 g/mol. The van der Waals surface area contributed by atoms with Crippen molar-refractivity contribution in [3.8, 4) is 5.75 Å². The normalized spacial score (nSPS) is 13.6. The molecule has 0 bridgehead atoms. The monoisotopic (exact) mass is 429 g/mol. The van der Waals surface area contributed by atoms with Gasteiger partial charge in [-0.2, -0.15) is 13.2 Å². The van der Waals surface area contributed by atoms with Gasteiger partial charge in [0, 0.05) is 13.1 Å². The number of rotatable bonds is 9. The molecule has 3 aromatic rings. The minimum absolute atomic E-state index is 0.164. The Morgan fingerprint density at radius 3 is 2.26 bits per heavy atom. The molecule has 2 atom stereocenters. The zero-order chi connectivity index (χ0) is 22.3. The quantitative estimate of drug-likeness (QED) is 0.458. The van der Waals surface area contributed by atoms with Crippen LogP contribution in [0.3, 0.4) is 0 Å². The van der Waals surface area contributed by atoms with E-state index >= 15 is 0 Å². The SMILES string of the molecule is CC(CNCC(O)c1cccc(C(F)(F)F)c1)c1ccc(OCc2ccccc2)cc1. The van der Waals surface area contributed by atoms with Crippen LogP contribution in [0.5, 0.6) is 5.75 Å². The highest BCUT2D eigenvalue weighted by atomic mass is 19.4. The number of ether oxygens (including phenoxy) is 1. The summed E-state index contributed by atoms with van der Waals surface area (Å²) in [5.74, 6) is 0.949. The lowest BCUT2D eigenvalue weighted by atomic mass is 10.0. The van der Waals surface area contributed by atoms with Crippen molar-refractivity contribution in [2.24, 2.45) is 0 Å². The van der Waals surface area contributed by atoms with Crippen LogP contribution >= 0.6 is 0 Å². The van der Waals surface area contributed by atoms with Gasteiger partial charge in [0.1, 0.15) is 12.4 Å². The molecule has 0 fully saturated rings. The van der Waals surface area contributed by atoms with Gasteiger partial charge in [0.2, 0.25) is 0 Å². The van der Waals surface area contributed by atoms with E-state index < -0.39 is 17.8 Å². The summed E-state index contributed by atoms with van der Waals surface area (Å²) in [6, 6.07) is 22.6. The molecule has 0 aliphatic rings. The Morgan fingerprint density at radius 1 is 0.871 bits per heavy atom. The molecular formula is C25H26F3NO2. The Balaban J connectivity index is 1.46. The Labute approximate surface area is 180 Å². The summed E-state index contributed by atoms with van der Waals surface area (Å²) in [5.41, 5.74) is 1.69. The highest BCUT2D eigenvalue weighted by Crippen LogP contribution is 2.30. The van der Waals surface area contributed by atoms with Crippen LogP contribution in [0.1, 0.15) is 41.2 Å². The summed E-state index contributed by atoms with van der Waals surface area (Å²) in [6.07, 6.45) is -5.43. The fourth-order valence-electron chi connectivity index (χ4n) is 3.23. The lowest BCUT2D eigenvalue weighted by Gasteiger charge is -2.17. The predicted octanol–water partition coefficient (Wildman–Crippen LogP) is 5.71. The molecule has 3 rings (SSSR count). The van der Waals surface area contributed by atoms with E-state index in [1.807, 2.05) is 61.5 Å². The van der Waals surface area contributed by atoms with E-state index in [1.54, 1.807) is 0 Å². The maximum absolute atomic E-state index is 12.8. The highest BCUT2D eigenvalue weighted by molar-refractivity contribution is 5.30. The van der Waals surface area contributed by atoms with Gasteiger partial charge < -0.3 is 15.2 Å². The number of aliphatic hydroxyl groups excluding tert-OH is 1. The lowest BCUT2D eigenvalue weighted by Crippen LogP contribution is -2.25. The van der Waals surface area contributed by atoms with Gasteiger partial charge in [-0.15, -0.1) is 0 Å². The maximum atomic E-state index is 12.8. The lowest BCUT2D eigenvalue weighted by molar-refractivity contribution is -0.137. The van der Waals surface area contributed by atoms with Crippen LogP contribution in [0.2, 0.25) is 0 Å². The van der Waals surface area contributed by atoms with Gasteiger partial charge in [-0.1, -0.05) is 61.5 Å². The van der Waals surface area contributed by atoms with Crippen molar-refractivity contribution in [3.63, 3.8) is 0 Å². The second kappa shape index (κ2) is 10.5. The number of aliphatic hydroxyl groups is 1. The third-order valence-corrected chi connectivity index (χ3v) is 5.08. The van der Waals surface area contributed by atoms with E-state index in [0.717, 1.165) is 29.0 Å². The zero-order valence-electron chi connectivity index (χ0n) is 17.3. The van der Waals surface area contributed by atoms with Crippen LogP contribution < -0.4 is 10.1 Å². The molecule has 6 heteroatoms. The molecule has 31 heavy (non-hydrogen) atoms. The molecule has 2 N–H and O–H groups in total. The third kappa shape index (κ3) is 6.84. The van der Waals surface area contributed by atoms with Crippen molar-refractivity contribution in [2.75, 3.05) is 13.1 Å². The first-order valence-corrected chi connectivity index (χ1v) is 10.2. The molecule has 2 unspecified atom stereocenters. The largest absolute Gasteiger partial charge is 0.489 e. The average molecular weight is 429 g/mol. The van der Waals surface area contributed by atoms with E-state index in [1.165, 1.54) is 12.1 Å². The summed E-state index contributed by atoms with van der Waals surface area (Å²) in [4.78, 5) is 0. The Bertz CT molecular complexity index is 943. The molecule has 164 valence electrons. The minimum atomic E-state index is -4.42. The van der Waals surface area contributed by atoms with Gasteiger partial charge in [-0.05, 0) is 46.9 Å². The maximum Gasteiger partial charge on any atom is 0.416 e. The second-order valence-corrected chi connectivity index (χ2v) is 7.54. The van der Waals surface area contributed by atoms with Crippen molar-refractivity contribution in [1.29, 1.82) is 0 Å². The van der Waals surface area contributed by atoms with Gasteiger partial charge in [-0.25, -0.2) is 0 Å². The first-order valence-electron chi connectivity index (χ1n) is 10.2. The summed E-state index contributed by atoms with van der Waals surface area (Å²) >= 11 is 0. The van der Waals surface area contributed by atoms with E-state index in [0.29, 0.717) is 13.2 Å². The second-order valence-electron chi connectivity index (χ2n) is 7.54. The van der Waals surface area contributed by atoms with Crippen molar-refractivity contribution in [3.05, 3.63) is 101 Å². The van der Waals surface area contributed by atoms with Crippen molar-refractivity contribution >= 4 is 0 Å². The molecule has 0 saturated heterocycles. The molecule has 0 radical (unpaired) electrons. The number of benzene rings is 3. The first-order chi connectivity index (χ1) is 14.8. The summed E-state index contributed by atoms with van der Waals surface area (Å²) in [5, 5.41) is 13.4. The summed E-state index contributed by atoms with van der Waals surface area (Å²) < 4.78 is 44.3. The Kier molecular flexibility index (Phi) is 7.71. The average Bonchev–Trinajstić information content (AvgIpc) is 2.78. The van der Waals surface area contributed by atoms with Gasteiger partial charge in [0.05, 0.1) is 11.7 Å². The number of hydrogen-bond donors (Lipinski definition) is 2. The van der Waals surface area contributed by atoms with E-state index in [2.05, 4.69) is 5.32 Å². The smallest absolute Gasteiger partial charge is 0.416 e. The summed E-state index contributed by atoms with van der Waals surface area (Å²) in [7, 11) is 0. The fraction of sp³-hybridized carbons (Fsp3) is 0.280. The number of hydrogen-bond acceptors (Lipinski definition) is 3. The molecule has 0 heterocycles. The van der Waals surface area contributed by atoms with Crippen LogP contribution in [0.15, 0.2) is 78.9 Å². The zero-order valence-corrected chi connectivity index (χ0v) is 17.3. The van der Waals surface area contributed by atoms with Crippen LogP contribution in [0.25, 0.3) is 0 Å². The fourth-order valence-corrected chi connectivity index (χ4v) is 3.23. The topological polar surface area (TPSA) is 41.5 Å². The first kappa shape index (κ1) is 22.8. The summed E-state index contributed by atoms with van der Waals surface area (Å²) in [6.45, 7) is 3.30. The molecule has 0 aliphatic heterocycles. The molecule has 0 saturated carbocycles. The molecule has 0 spiro atoms. The number of halogens is 3. The third-order valence-electron chi connectivity index (χ3n) is 5.08. The van der Waals surface area contributed by atoms with Crippen LogP contribution in [-0.4, -0.2) is 18.2 Å². The van der Waals surface area contributed by atoms with Crippen molar-refractivity contribution in [1.82, 2.24) is 5.32 Å². The Morgan fingerprint density at radius 2 is 1.58 bits per heavy atom. The van der Waals surface area contributed by atoms with Crippen LogP contribution in [0.4, 0.5) is 13.2 Å². The minimum Gasteiger partial charge on any atom is -0.489 e. The molecule has 3 aromatic carbocycles. The van der Waals surface area contributed by atoms with Crippen molar-refractivity contribution in [2.45, 2.75) is 31.7 Å². The molecule has 3 nitrogen and oxygen atoms in total. The van der Waals surface area contributed by atoms with Gasteiger partial charge in [-0.3, -0.25) is 0 Å². The number of alkyl halides is 3. The number of nitrogens with one attached hydrogen (secondary N) is 1. The standard InChI is InChI=1S/C25H26F3NO2/c1-18(15-29-16-24(30)21-8-5-9-22(14-21)25(26,27)28)20-10-12-23(13-11-20)31-17-19-6-3-2-4-7-19/h2-14,18,24,29-30H,15-17H2,1H3. The van der Waals surface area contributed by atoms with Crippen LogP contribution in [0, 0.1) is 0 Å². The van der Waals surface area contributed by atoms with Gasteiger partial charge >= 0.3 is 6.18 Å². The predicted molar refractivity (Wildman–Crippen MR) is 115 cm³/mol. The van der Waals surface area contributed by atoms with Crippen LogP contribution in [-0.2, 0) is 12.8 Å². The van der Waals surface area contributed by atoms with E-state index in [-0.39, 0.29) is 18.0 Å². The Hall–Kier alpha value is -2.83.